The molecule has 0 fully saturated rings. The number of nitrogens with one attached hydrogen (secondary N) is 1. The maximum absolute atomic E-state index is 11.2. The predicted molar refractivity (Wildman–Crippen MR) is 77.7 cm³/mol. The van der Waals surface area contributed by atoms with Gasteiger partial charge in [0, 0.05) is 23.4 Å². The van der Waals surface area contributed by atoms with E-state index in [9.17, 15) is 4.79 Å². The molecule has 0 saturated carbocycles. The summed E-state index contributed by atoms with van der Waals surface area (Å²) in [6, 6.07) is 0. The van der Waals surface area contributed by atoms with E-state index in [0.29, 0.717) is 5.01 Å². The van der Waals surface area contributed by atoms with E-state index in [0.717, 1.165) is 36.8 Å². The van der Waals surface area contributed by atoms with Crippen LogP contribution in [0.4, 0.5) is 0 Å². The summed E-state index contributed by atoms with van der Waals surface area (Å²) in [4.78, 5) is 17.8. The van der Waals surface area contributed by atoms with Crippen LogP contribution in [0.15, 0.2) is 5.38 Å². The number of carbonyl (C=O) groups is 1. The van der Waals surface area contributed by atoms with E-state index in [1.165, 1.54) is 11.3 Å². The molecule has 0 spiro atoms. The van der Waals surface area contributed by atoms with Crippen molar-refractivity contribution in [3.05, 3.63) is 16.1 Å². The average molecular weight is 288 g/mol. The second kappa shape index (κ2) is 8.47. The van der Waals surface area contributed by atoms with Crippen LogP contribution < -0.4 is 11.3 Å². The van der Waals surface area contributed by atoms with Gasteiger partial charge in [0.15, 0.2) is 5.01 Å². The molecule has 0 unspecified atom stereocenters. The van der Waals surface area contributed by atoms with Crippen molar-refractivity contribution in [2.45, 2.75) is 19.6 Å². The number of rotatable bonds is 8. The first-order valence-corrected chi connectivity index (χ1v) is 8.00. The minimum atomic E-state index is -0.320. The number of aromatic nitrogens is 1. The van der Waals surface area contributed by atoms with Crippen molar-refractivity contribution >= 4 is 29.0 Å². The average Bonchev–Trinajstić information content (AvgIpc) is 2.87. The van der Waals surface area contributed by atoms with Gasteiger partial charge in [-0.2, -0.15) is 11.8 Å². The van der Waals surface area contributed by atoms with Crippen molar-refractivity contribution in [2.24, 2.45) is 5.84 Å². The van der Waals surface area contributed by atoms with Gasteiger partial charge in [0.05, 0.1) is 5.69 Å². The second-order valence-corrected chi connectivity index (χ2v) is 5.66. The van der Waals surface area contributed by atoms with Crippen LogP contribution in [0.5, 0.6) is 0 Å². The highest BCUT2D eigenvalue weighted by Crippen LogP contribution is 2.15. The molecule has 0 bridgehead atoms. The molecule has 3 N–H and O–H groups in total. The number of hydrogen-bond donors (Lipinski definition) is 2. The molecule has 1 aromatic heterocycles. The van der Waals surface area contributed by atoms with Crippen LogP contribution in [0, 0.1) is 0 Å². The predicted octanol–water partition coefficient (Wildman–Crippen LogP) is 1.32. The molecule has 1 heterocycles. The summed E-state index contributed by atoms with van der Waals surface area (Å²) >= 11 is 3.17. The third-order valence-electron chi connectivity index (χ3n) is 2.57. The molecule has 0 radical (unpaired) electrons. The largest absolute Gasteiger partial charge is 0.303 e. The summed E-state index contributed by atoms with van der Waals surface area (Å²) in [5.74, 6) is 6.66. The minimum Gasteiger partial charge on any atom is -0.303 e. The molecule has 102 valence electrons. The van der Waals surface area contributed by atoms with Gasteiger partial charge in [0.1, 0.15) is 0 Å². The van der Waals surface area contributed by atoms with Crippen molar-refractivity contribution in [3.63, 3.8) is 0 Å². The third-order valence-corrected chi connectivity index (χ3v) is 4.43. The Bertz CT molecular complexity index is 366. The van der Waals surface area contributed by atoms with E-state index >= 15 is 0 Å². The fourth-order valence-electron chi connectivity index (χ4n) is 1.45. The Morgan fingerprint density at radius 2 is 2.28 bits per heavy atom. The number of nitrogens with zero attached hydrogens (tertiary/aromatic N) is 2. The maximum Gasteiger partial charge on any atom is 0.294 e. The Morgan fingerprint density at radius 3 is 2.89 bits per heavy atom. The summed E-state index contributed by atoms with van der Waals surface area (Å²) in [5.41, 5.74) is 3.03. The molecular weight excluding hydrogens is 268 g/mol. The second-order valence-electron chi connectivity index (χ2n) is 3.70. The molecule has 0 saturated heterocycles. The quantitative estimate of drug-likeness (QED) is 0.327. The van der Waals surface area contributed by atoms with Gasteiger partial charge in [-0.05, 0) is 13.1 Å². The third kappa shape index (κ3) is 4.93. The van der Waals surface area contributed by atoms with Crippen LogP contribution in [-0.2, 0) is 5.75 Å². The van der Waals surface area contributed by atoms with Gasteiger partial charge in [-0.3, -0.25) is 10.2 Å². The number of amides is 1. The zero-order valence-corrected chi connectivity index (χ0v) is 12.4. The first kappa shape index (κ1) is 15.4. The highest BCUT2D eigenvalue weighted by Gasteiger charge is 2.09. The number of nitrogens with two attached hydrogens (primary N) is 1. The Hall–Kier alpha value is -0.630. The molecule has 18 heavy (non-hydrogen) atoms. The standard InChI is InChI=1S/C11H20N4OS2/c1-3-15(4-2)5-6-17-7-9-8-18-11(13-9)10(16)14-12/h8H,3-7,12H2,1-2H3,(H,14,16). The molecule has 0 atom stereocenters. The van der Waals surface area contributed by atoms with Gasteiger partial charge in [-0.1, -0.05) is 13.8 Å². The Labute approximate surface area is 116 Å². The van der Waals surface area contributed by atoms with Crippen LogP contribution in [0.25, 0.3) is 0 Å². The van der Waals surface area contributed by atoms with Crippen LogP contribution in [-0.4, -0.2) is 41.2 Å². The molecule has 0 aliphatic carbocycles. The van der Waals surface area contributed by atoms with E-state index < -0.39 is 0 Å². The van der Waals surface area contributed by atoms with E-state index in [1.54, 1.807) is 0 Å². The zero-order chi connectivity index (χ0) is 13.4. The van der Waals surface area contributed by atoms with Crippen LogP contribution in [0.1, 0.15) is 29.3 Å². The van der Waals surface area contributed by atoms with Crippen molar-refractivity contribution in [3.8, 4) is 0 Å². The molecule has 0 aliphatic rings. The van der Waals surface area contributed by atoms with Crippen LogP contribution in [0.2, 0.25) is 0 Å². The number of thiazole rings is 1. The molecule has 1 aromatic rings. The summed E-state index contributed by atoms with van der Waals surface area (Å²) in [5, 5.41) is 2.34. The van der Waals surface area contributed by atoms with Gasteiger partial charge in [0.2, 0.25) is 0 Å². The lowest BCUT2D eigenvalue weighted by Crippen LogP contribution is -2.29. The number of hydrogen-bond acceptors (Lipinski definition) is 6. The molecule has 1 amide bonds. The van der Waals surface area contributed by atoms with E-state index in [1.807, 2.05) is 17.1 Å². The van der Waals surface area contributed by atoms with E-state index in [4.69, 9.17) is 5.84 Å². The smallest absolute Gasteiger partial charge is 0.294 e. The highest BCUT2D eigenvalue weighted by atomic mass is 32.2. The monoisotopic (exact) mass is 288 g/mol. The van der Waals surface area contributed by atoms with Gasteiger partial charge in [0.25, 0.3) is 5.91 Å². The van der Waals surface area contributed by atoms with Crippen molar-refractivity contribution in [2.75, 3.05) is 25.4 Å². The Balaban J connectivity index is 2.27. The number of nitrogen functional groups attached to an aromatic ring is 1. The van der Waals surface area contributed by atoms with Crippen LogP contribution >= 0.6 is 23.1 Å². The van der Waals surface area contributed by atoms with Crippen molar-refractivity contribution < 1.29 is 4.79 Å². The summed E-state index contributed by atoms with van der Waals surface area (Å²) in [6.45, 7) is 7.62. The highest BCUT2D eigenvalue weighted by molar-refractivity contribution is 7.98. The molecule has 0 aliphatic heterocycles. The lowest BCUT2D eigenvalue weighted by Gasteiger charge is -2.16. The number of hydrazine groups is 1. The first-order valence-electron chi connectivity index (χ1n) is 5.96. The normalized spacial score (nSPS) is 10.9. The molecule has 7 heteroatoms. The van der Waals surface area contributed by atoms with Crippen molar-refractivity contribution in [1.29, 1.82) is 0 Å². The van der Waals surface area contributed by atoms with Crippen molar-refractivity contribution in [1.82, 2.24) is 15.3 Å². The minimum absolute atomic E-state index is 0.320. The van der Waals surface area contributed by atoms with E-state index in [-0.39, 0.29) is 5.91 Å². The zero-order valence-electron chi connectivity index (χ0n) is 10.8. The Morgan fingerprint density at radius 1 is 1.56 bits per heavy atom. The van der Waals surface area contributed by atoms with Gasteiger partial charge < -0.3 is 4.90 Å². The first-order chi connectivity index (χ1) is 8.71. The van der Waals surface area contributed by atoms with Gasteiger partial charge in [-0.25, -0.2) is 10.8 Å². The fraction of sp³-hybridized carbons (Fsp3) is 0.636. The molecule has 5 nitrogen and oxygen atoms in total. The lowest BCUT2D eigenvalue weighted by molar-refractivity contribution is 0.0953. The molecule has 1 rings (SSSR count). The molecular formula is C11H20N4OS2. The topological polar surface area (TPSA) is 71.2 Å². The molecule has 0 aromatic carbocycles. The number of thioether (sulfide) groups is 1. The summed E-state index contributed by atoms with van der Waals surface area (Å²) in [7, 11) is 0. The summed E-state index contributed by atoms with van der Waals surface area (Å²) < 4.78 is 0. The SMILES string of the molecule is CCN(CC)CCSCc1csc(C(=O)NN)n1. The summed E-state index contributed by atoms with van der Waals surface area (Å²) in [6.07, 6.45) is 0. The lowest BCUT2D eigenvalue weighted by atomic mass is 10.5. The van der Waals surface area contributed by atoms with E-state index in [2.05, 4.69) is 29.2 Å². The van der Waals surface area contributed by atoms with Crippen LogP contribution in [0.3, 0.4) is 0 Å². The fourth-order valence-corrected chi connectivity index (χ4v) is 3.16. The maximum atomic E-state index is 11.2. The van der Waals surface area contributed by atoms with Gasteiger partial charge in [-0.15, -0.1) is 11.3 Å². The van der Waals surface area contributed by atoms with Gasteiger partial charge >= 0.3 is 0 Å². The Kier molecular flexibility index (Phi) is 7.26. The number of carbonyl (C=O) groups excluding carboxylic acids is 1.